The second kappa shape index (κ2) is 14.5. The van der Waals surface area contributed by atoms with Gasteiger partial charge in [0.2, 0.25) is 15.9 Å². The van der Waals surface area contributed by atoms with E-state index in [1.807, 2.05) is 35.6 Å². The lowest BCUT2D eigenvalue weighted by Crippen LogP contribution is -2.44. The summed E-state index contributed by atoms with van der Waals surface area (Å²) < 4.78 is 40.3. The normalized spacial score (nSPS) is 16.8. The third-order valence-corrected chi connectivity index (χ3v) is 10.1. The van der Waals surface area contributed by atoms with Gasteiger partial charge in [-0.1, -0.05) is 31.4 Å². The molecule has 2 fully saturated rings. The van der Waals surface area contributed by atoms with E-state index in [2.05, 4.69) is 23.7 Å². The summed E-state index contributed by atoms with van der Waals surface area (Å²) >= 11 is 0. The molecule has 3 heterocycles. The first kappa shape index (κ1) is 33.8. The van der Waals surface area contributed by atoms with Crippen molar-refractivity contribution in [2.75, 3.05) is 46.7 Å². The summed E-state index contributed by atoms with van der Waals surface area (Å²) in [4.78, 5) is 35.6. The van der Waals surface area contributed by atoms with Crippen molar-refractivity contribution < 1.29 is 27.5 Å². The van der Waals surface area contributed by atoms with Crippen LogP contribution in [-0.4, -0.2) is 104 Å². The Labute approximate surface area is 271 Å². The lowest BCUT2D eigenvalue weighted by molar-refractivity contribution is 0.0663. The lowest BCUT2D eigenvalue weighted by Gasteiger charge is -2.35. The van der Waals surface area contributed by atoms with Crippen LogP contribution in [0.3, 0.4) is 0 Å². The Hall–Kier alpha value is -3.55. The number of ether oxygens (including phenoxy) is 2. The molecule has 3 aromatic rings. The number of amides is 2. The first-order chi connectivity index (χ1) is 22.0. The van der Waals surface area contributed by atoms with Gasteiger partial charge in [0.25, 0.3) is 11.8 Å². The minimum absolute atomic E-state index is 0.0149. The van der Waals surface area contributed by atoms with Crippen LogP contribution < -0.4 is 9.46 Å². The fraction of sp³-hybridized carbons (Fsp3) is 0.576. The van der Waals surface area contributed by atoms with Crippen molar-refractivity contribution in [3.05, 3.63) is 41.6 Å². The quantitative estimate of drug-likeness (QED) is 0.322. The van der Waals surface area contributed by atoms with Gasteiger partial charge in [0.15, 0.2) is 5.65 Å². The van der Waals surface area contributed by atoms with Gasteiger partial charge in [0.1, 0.15) is 5.69 Å². The Balaban J connectivity index is 1.56. The van der Waals surface area contributed by atoms with Gasteiger partial charge in [-0.2, -0.15) is 0 Å². The molecule has 2 aromatic heterocycles. The van der Waals surface area contributed by atoms with Crippen LogP contribution in [0.15, 0.2) is 30.3 Å². The summed E-state index contributed by atoms with van der Waals surface area (Å²) in [5, 5.41) is 5.52. The topological polar surface area (TPSA) is 136 Å². The van der Waals surface area contributed by atoms with Gasteiger partial charge in [-0.3, -0.25) is 9.59 Å². The van der Waals surface area contributed by atoms with Crippen molar-refractivity contribution in [3.63, 3.8) is 0 Å². The minimum atomic E-state index is -3.95. The molecule has 0 radical (unpaired) electrons. The average molecular weight is 655 g/mol. The minimum Gasteiger partial charge on any atom is -0.473 e. The van der Waals surface area contributed by atoms with Gasteiger partial charge in [-0.05, 0) is 77.4 Å². The summed E-state index contributed by atoms with van der Waals surface area (Å²) in [6, 6.07) is 9.41. The van der Waals surface area contributed by atoms with Crippen molar-refractivity contribution in [1.82, 2.24) is 29.3 Å². The number of carbonyl (C=O) groups excluding carboxylic acids is 2. The summed E-state index contributed by atoms with van der Waals surface area (Å²) in [6.07, 6.45) is 6.78. The largest absolute Gasteiger partial charge is 0.473 e. The van der Waals surface area contributed by atoms with E-state index in [0.717, 1.165) is 50.5 Å². The number of hydrogen-bond donors (Lipinski definition) is 1. The molecule has 2 aliphatic rings. The molecule has 5 rings (SSSR count). The van der Waals surface area contributed by atoms with Crippen molar-refractivity contribution in [3.8, 4) is 17.0 Å². The number of hydrogen-bond acceptors (Lipinski definition) is 9. The Morgan fingerprint density at radius 1 is 1.04 bits per heavy atom. The number of nitrogens with zero attached hydrogens (tertiary/aromatic N) is 5. The zero-order valence-electron chi connectivity index (χ0n) is 27.5. The second-order valence-corrected chi connectivity index (χ2v) is 14.6. The Morgan fingerprint density at radius 3 is 2.33 bits per heavy atom. The molecule has 0 bridgehead atoms. The average Bonchev–Trinajstić information content (AvgIpc) is 3.41. The van der Waals surface area contributed by atoms with E-state index < -0.39 is 15.9 Å². The smallest absolute Gasteiger partial charge is 0.283 e. The molecule has 250 valence electrons. The Kier molecular flexibility index (Phi) is 10.6. The van der Waals surface area contributed by atoms with E-state index in [1.165, 1.54) is 7.11 Å². The molecule has 1 N–H and O–H groups in total. The number of benzene rings is 1. The third-order valence-electron chi connectivity index (χ3n) is 8.86. The lowest BCUT2D eigenvalue weighted by atomic mass is 9.95. The molecule has 13 heteroatoms. The fourth-order valence-electron chi connectivity index (χ4n) is 6.33. The number of aromatic nitrogens is 3. The molecule has 1 aliphatic carbocycles. The van der Waals surface area contributed by atoms with E-state index in [9.17, 15) is 18.0 Å². The highest BCUT2D eigenvalue weighted by atomic mass is 32.2. The molecule has 0 spiro atoms. The number of carbonyl (C=O) groups is 2. The number of nitrogens with one attached hydrogen (secondary N) is 1. The van der Waals surface area contributed by atoms with Gasteiger partial charge in [-0.25, -0.2) is 22.8 Å². The van der Waals surface area contributed by atoms with Crippen molar-refractivity contribution in [1.29, 1.82) is 0 Å². The SMILES string of the molecule is COCCS(=O)(=O)NC(=O)c1cc(-c2ccc(C(=O)N3CCC(N(C)C)CC3)cc2)c2c(OC(C)C)nn(C3CCCCC3)c2n1. The number of piperidine rings is 1. The molecule has 46 heavy (non-hydrogen) atoms. The highest BCUT2D eigenvalue weighted by molar-refractivity contribution is 7.90. The molecule has 12 nitrogen and oxygen atoms in total. The number of likely N-dealkylation sites (tertiary alicyclic amines) is 1. The summed E-state index contributed by atoms with van der Waals surface area (Å²) in [5.74, 6) is -0.811. The second-order valence-electron chi connectivity index (χ2n) is 12.8. The van der Waals surface area contributed by atoms with Crippen LogP contribution in [0.4, 0.5) is 0 Å². The maximum absolute atomic E-state index is 13.4. The van der Waals surface area contributed by atoms with E-state index in [4.69, 9.17) is 19.6 Å². The molecule has 1 saturated carbocycles. The third kappa shape index (κ3) is 7.69. The Bertz CT molecular complexity index is 1640. The standard InChI is InChI=1S/C33H46N6O6S/c1-22(2)45-32-29-27(23-11-13-24(14-12-23)33(41)38-17-15-25(16-18-38)37(3)4)21-28(31(40)36-46(42,43)20-19-44-5)34-30(29)39(35-32)26-9-7-6-8-10-26/h11-14,21-22,25-26H,6-10,15-20H2,1-5H3,(H,36,40). The number of methoxy groups -OCH3 is 1. The van der Waals surface area contributed by atoms with Crippen LogP contribution in [-0.2, 0) is 14.8 Å². The number of fused-ring (bicyclic) bond motifs is 1. The summed E-state index contributed by atoms with van der Waals surface area (Å²) in [5.41, 5.74) is 2.33. The Morgan fingerprint density at radius 2 is 1.72 bits per heavy atom. The van der Waals surface area contributed by atoms with E-state index in [-0.39, 0.29) is 36.1 Å². The van der Waals surface area contributed by atoms with Gasteiger partial charge in [0, 0.05) is 37.4 Å². The number of sulfonamides is 1. The highest BCUT2D eigenvalue weighted by Gasteiger charge is 2.29. The van der Waals surface area contributed by atoms with Crippen LogP contribution in [0.25, 0.3) is 22.2 Å². The number of rotatable bonds is 11. The first-order valence-corrected chi connectivity index (χ1v) is 17.8. The van der Waals surface area contributed by atoms with Crippen LogP contribution in [0.2, 0.25) is 0 Å². The zero-order chi connectivity index (χ0) is 33.0. The fourth-order valence-corrected chi connectivity index (χ4v) is 7.21. The van der Waals surface area contributed by atoms with E-state index in [1.54, 1.807) is 18.2 Å². The molecule has 1 aliphatic heterocycles. The predicted octanol–water partition coefficient (Wildman–Crippen LogP) is 4.26. The van der Waals surface area contributed by atoms with E-state index >= 15 is 0 Å². The van der Waals surface area contributed by atoms with Crippen molar-refractivity contribution in [2.45, 2.75) is 77.0 Å². The summed E-state index contributed by atoms with van der Waals surface area (Å²) in [7, 11) is 1.59. The summed E-state index contributed by atoms with van der Waals surface area (Å²) in [6.45, 7) is 5.20. The maximum Gasteiger partial charge on any atom is 0.283 e. The monoisotopic (exact) mass is 654 g/mol. The van der Waals surface area contributed by atoms with Crippen LogP contribution in [0, 0.1) is 0 Å². The predicted molar refractivity (Wildman–Crippen MR) is 177 cm³/mol. The van der Waals surface area contributed by atoms with Crippen molar-refractivity contribution in [2.24, 2.45) is 0 Å². The number of pyridine rings is 1. The van der Waals surface area contributed by atoms with Gasteiger partial charge in [0.05, 0.1) is 29.9 Å². The highest BCUT2D eigenvalue weighted by Crippen LogP contribution is 2.39. The van der Waals surface area contributed by atoms with Gasteiger partial charge in [-0.15, -0.1) is 5.10 Å². The molecular weight excluding hydrogens is 608 g/mol. The first-order valence-electron chi connectivity index (χ1n) is 16.2. The van der Waals surface area contributed by atoms with Gasteiger partial charge >= 0.3 is 0 Å². The molecule has 2 amide bonds. The zero-order valence-corrected chi connectivity index (χ0v) is 28.3. The van der Waals surface area contributed by atoms with Crippen LogP contribution >= 0.6 is 0 Å². The molecule has 0 unspecified atom stereocenters. The molecular formula is C33H46N6O6S. The van der Waals surface area contributed by atoms with Crippen molar-refractivity contribution >= 4 is 32.9 Å². The van der Waals surface area contributed by atoms with Crippen LogP contribution in [0.1, 0.15) is 85.7 Å². The molecule has 1 saturated heterocycles. The van der Waals surface area contributed by atoms with E-state index in [0.29, 0.717) is 47.2 Å². The maximum atomic E-state index is 13.4. The molecule has 0 atom stereocenters. The van der Waals surface area contributed by atoms with Crippen LogP contribution in [0.5, 0.6) is 5.88 Å². The molecule has 1 aromatic carbocycles. The van der Waals surface area contributed by atoms with Gasteiger partial charge < -0.3 is 19.3 Å².